The molecule has 0 saturated carbocycles. The van der Waals surface area contributed by atoms with Gasteiger partial charge in [0.15, 0.2) is 0 Å². The van der Waals surface area contributed by atoms with Crippen LogP contribution in [0.2, 0.25) is 0 Å². The van der Waals surface area contributed by atoms with Gasteiger partial charge in [0.05, 0.1) is 17.8 Å². The molecule has 0 unspecified atom stereocenters. The number of nitriles is 1. The summed E-state index contributed by atoms with van der Waals surface area (Å²) in [5, 5.41) is 12.5. The first-order valence-electron chi connectivity index (χ1n) is 6.59. The molecule has 0 radical (unpaired) electrons. The van der Waals surface area contributed by atoms with Crippen LogP contribution in [-0.2, 0) is 0 Å². The lowest BCUT2D eigenvalue weighted by atomic mass is 10.2. The lowest BCUT2D eigenvalue weighted by molar-refractivity contribution is 0.103. The third-order valence-electron chi connectivity index (χ3n) is 3.00. The van der Waals surface area contributed by atoms with Crippen LogP contribution in [0.3, 0.4) is 0 Å². The highest BCUT2D eigenvalue weighted by atomic mass is 32.1. The Kier molecular flexibility index (Phi) is 3.95. The molecular weight excluding hydrogens is 294 g/mol. The summed E-state index contributed by atoms with van der Waals surface area (Å²) in [7, 11) is 0. The van der Waals surface area contributed by atoms with Crippen molar-refractivity contribution in [2.45, 2.75) is 0 Å². The lowest BCUT2D eigenvalue weighted by Gasteiger charge is -2.02. The van der Waals surface area contributed by atoms with Gasteiger partial charge in [0.2, 0.25) is 0 Å². The fourth-order valence-corrected chi connectivity index (χ4v) is 2.77. The van der Waals surface area contributed by atoms with Gasteiger partial charge in [-0.3, -0.25) is 4.79 Å². The number of nitrogens with zero attached hydrogens (tertiary/aromatic N) is 2. The van der Waals surface area contributed by atoms with E-state index in [4.69, 9.17) is 5.26 Å². The van der Waals surface area contributed by atoms with E-state index in [0.29, 0.717) is 16.1 Å². The molecule has 0 fully saturated rings. The number of benzene rings is 2. The number of thiazole rings is 1. The third kappa shape index (κ3) is 3.03. The zero-order valence-corrected chi connectivity index (χ0v) is 12.3. The quantitative estimate of drug-likeness (QED) is 0.797. The van der Waals surface area contributed by atoms with E-state index in [9.17, 15) is 4.79 Å². The molecule has 22 heavy (non-hydrogen) atoms. The van der Waals surface area contributed by atoms with E-state index in [1.807, 2.05) is 36.4 Å². The highest BCUT2D eigenvalue weighted by Crippen LogP contribution is 2.25. The molecule has 4 nitrogen and oxygen atoms in total. The van der Waals surface area contributed by atoms with E-state index in [1.165, 1.54) is 11.3 Å². The largest absolute Gasteiger partial charge is 0.321 e. The number of anilines is 1. The van der Waals surface area contributed by atoms with Gasteiger partial charge in [0.25, 0.3) is 5.91 Å². The number of carbonyl (C=O) groups is 1. The summed E-state index contributed by atoms with van der Waals surface area (Å²) in [6, 6.07) is 18.6. The second-order valence-corrected chi connectivity index (χ2v) is 5.57. The van der Waals surface area contributed by atoms with Gasteiger partial charge in [0, 0.05) is 11.3 Å². The molecule has 3 aromatic rings. The van der Waals surface area contributed by atoms with Gasteiger partial charge in [-0.2, -0.15) is 5.26 Å². The summed E-state index contributed by atoms with van der Waals surface area (Å²) >= 11 is 1.34. The lowest BCUT2D eigenvalue weighted by Crippen LogP contribution is -2.10. The van der Waals surface area contributed by atoms with Crippen molar-refractivity contribution >= 4 is 22.9 Å². The Bertz CT molecular complexity index is 850. The zero-order valence-electron chi connectivity index (χ0n) is 11.5. The molecule has 1 heterocycles. The summed E-state index contributed by atoms with van der Waals surface area (Å²) in [4.78, 5) is 17.1. The third-order valence-corrected chi connectivity index (χ3v) is 4.04. The first kappa shape index (κ1) is 14.0. The summed E-state index contributed by atoms with van der Waals surface area (Å²) < 4.78 is 0. The number of amides is 1. The van der Waals surface area contributed by atoms with Gasteiger partial charge in [0.1, 0.15) is 9.88 Å². The fraction of sp³-hybridized carbons (Fsp3) is 0. The molecule has 0 bridgehead atoms. The van der Waals surface area contributed by atoms with Crippen LogP contribution in [0.5, 0.6) is 0 Å². The minimum Gasteiger partial charge on any atom is -0.321 e. The molecule has 0 saturated heterocycles. The molecule has 0 atom stereocenters. The van der Waals surface area contributed by atoms with Crippen LogP contribution in [0.1, 0.15) is 15.2 Å². The van der Waals surface area contributed by atoms with Crippen molar-refractivity contribution in [3.63, 3.8) is 0 Å². The van der Waals surface area contributed by atoms with Gasteiger partial charge in [-0.25, -0.2) is 4.98 Å². The summed E-state index contributed by atoms with van der Waals surface area (Å²) in [6.07, 6.45) is 1.57. The van der Waals surface area contributed by atoms with E-state index < -0.39 is 0 Å². The van der Waals surface area contributed by atoms with Crippen LogP contribution in [0, 0.1) is 11.3 Å². The predicted molar refractivity (Wildman–Crippen MR) is 86.7 cm³/mol. The number of aromatic nitrogens is 1. The summed E-state index contributed by atoms with van der Waals surface area (Å²) in [5.74, 6) is -0.227. The van der Waals surface area contributed by atoms with Crippen molar-refractivity contribution in [1.29, 1.82) is 5.26 Å². The van der Waals surface area contributed by atoms with Crippen LogP contribution in [0.4, 0.5) is 5.69 Å². The number of nitrogens with one attached hydrogen (secondary N) is 1. The van der Waals surface area contributed by atoms with Gasteiger partial charge < -0.3 is 5.32 Å². The van der Waals surface area contributed by atoms with E-state index in [0.717, 1.165) is 10.6 Å². The minimum atomic E-state index is -0.227. The van der Waals surface area contributed by atoms with Crippen molar-refractivity contribution in [2.75, 3.05) is 5.32 Å². The fourth-order valence-electron chi connectivity index (χ4n) is 1.95. The van der Waals surface area contributed by atoms with Gasteiger partial charge in [-0.15, -0.1) is 11.3 Å². The maximum atomic E-state index is 12.2. The first-order chi connectivity index (χ1) is 10.8. The normalized spacial score (nSPS) is 9.95. The maximum Gasteiger partial charge on any atom is 0.267 e. The first-order valence-corrected chi connectivity index (χ1v) is 7.41. The Balaban J connectivity index is 1.79. The molecule has 0 aliphatic rings. The molecule has 3 rings (SSSR count). The molecule has 106 valence electrons. The molecule has 2 aromatic carbocycles. The van der Waals surface area contributed by atoms with Crippen molar-refractivity contribution in [3.05, 3.63) is 71.2 Å². The minimum absolute atomic E-state index is 0.227. The van der Waals surface area contributed by atoms with E-state index in [2.05, 4.69) is 10.3 Å². The van der Waals surface area contributed by atoms with E-state index in [1.54, 1.807) is 30.5 Å². The van der Waals surface area contributed by atoms with Crippen LogP contribution in [-0.4, -0.2) is 10.9 Å². The highest BCUT2D eigenvalue weighted by molar-refractivity contribution is 7.17. The zero-order chi connectivity index (χ0) is 15.4. The predicted octanol–water partition coefficient (Wildman–Crippen LogP) is 3.93. The Labute approximate surface area is 131 Å². The van der Waals surface area contributed by atoms with Crippen molar-refractivity contribution < 1.29 is 4.79 Å². The van der Waals surface area contributed by atoms with E-state index >= 15 is 0 Å². The van der Waals surface area contributed by atoms with Gasteiger partial charge >= 0.3 is 0 Å². The SMILES string of the molecule is N#Cc1cccc(NC(=O)c2cnc(-c3ccccc3)s2)c1. The van der Waals surface area contributed by atoms with Gasteiger partial charge in [-0.1, -0.05) is 36.4 Å². The Morgan fingerprint density at radius 3 is 2.73 bits per heavy atom. The van der Waals surface area contributed by atoms with Crippen LogP contribution < -0.4 is 5.32 Å². The second-order valence-electron chi connectivity index (χ2n) is 4.54. The average Bonchev–Trinajstić information content (AvgIpc) is 3.06. The van der Waals surface area contributed by atoms with Crippen molar-refractivity contribution in [1.82, 2.24) is 4.98 Å². The number of hydrogen-bond acceptors (Lipinski definition) is 4. The molecule has 0 aliphatic carbocycles. The molecule has 5 heteroatoms. The Morgan fingerprint density at radius 2 is 1.95 bits per heavy atom. The molecular formula is C17H11N3OS. The average molecular weight is 305 g/mol. The topological polar surface area (TPSA) is 65.8 Å². The molecule has 1 amide bonds. The van der Waals surface area contributed by atoms with Crippen molar-refractivity contribution in [2.24, 2.45) is 0 Å². The number of rotatable bonds is 3. The van der Waals surface area contributed by atoms with Crippen LogP contribution in [0.25, 0.3) is 10.6 Å². The smallest absolute Gasteiger partial charge is 0.267 e. The van der Waals surface area contributed by atoms with Gasteiger partial charge in [-0.05, 0) is 18.2 Å². The Hall–Kier alpha value is -2.97. The summed E-state index contributed by atoms with van der Waals surface area (Å²) in [5.41, 5.74) is 2.09. The number of hydrogen-bond donors (Lipinski definition) is 1. The molecule has 1 aromatic heterocycles. The Morgan fingerprint density at radius 1 is 1.14 bits per heavy atom. The number of carbonyl (C=O) groups excluding carboxylic acids is 1. The molecule has 0 spiro atoms. The molecule has 1 N–H and O–H groups in total. The second kappa shape index (κ2) is 6.20. The maximum absolute atomic E-state index is 12.2. The van der Waals surface area contributed by atoms with Crippen LogP contribution in [0.15, 0.2) is 60.8 Å². The molecule has 0 aliphatic heterocycles. The summed E-state index contributed by atoms with van der Waals surface area (Å²) in [6.45, 7) is 0. The van der Waals surface area contributed by atoms with Crippen molar-refractivity contribution in [3.8, 4) is 16.6 Å². The highest BCUT2D eigenvalue weighted by Gasteiger charge is 2.12. The standard InChI is InChI=1S/C17H11N3OS/c18-10-12-5-4-8-14(9-12)20-16(21)15-11-19-17(22-15)13-6-2-1-3-7-13/h1-9,11H,(H,20,21). The van der Waals surface area contributed by atoms with Crippen LogP contribution >= 0.6 is 11.3 Å². The monoisotopic (exact) mass is 305 g/mol. The van der Waals surface area contributed by atoms with E-state index in [-0.39, 0.29) is 5.91 Å².